The number of rotatable bonds is 9. The van der Waals surface area contributed by atoms with Crippen LogP contribution in [-0.2, 0) is 14.8 Å². The lowest BCUT2D eigenvalue weighted by Gasteiger charge is -2.20. The fraction of sp³-hybridized carbons (Fsp3) is 0.185. The van der Waals surface area contributed by atoms with E-state index in [1.54, 1.807) is 55.5 Å². The van der Waals surface area contributed by atoms with Crippen molar-refractivity contribution in [2.45, 2.75) is 11.8 Å². The third-order valence-corrected chi connectivity index (χ3v) is 8.65. The summed E-state index contributed by atoms with van der Waals surface area (Å²) in [6.07, 6.45) is 0. The number of sulfonamides is 1. The molecule has 4 rings (SSSR count). The van der Waals surface area contributed by atoms with E-state index in [-0.39, 0.29) is 17.4 Å². The summed E-state index contributed by atoms with van der Waals surface area (Å²) in [5.41, 5.74) is 1.36. The Morgan fingerprint density at radius 1 is 0.921 bits per heavy atom. The summed E-state index contributed by atoms with van der Waals surface area (Å²) in [6.45, 7) is 2.01. The van der Waals surface area contributed by atoms with E-state index >= 15 is 0 Å². The molecule has 38 heavy (non-hydrogen) atoms. The van der Waals surface area contributed by atoms with Gasteiger partial charge in [0.05, 0.1) is 41.8 Å². The molecule has 0 saturated heterocycles. The molecule has 3 aromatic carbocycles. The van der Waals surface area contributed by atoms with Crippen molar-refractivity contribution < 1.29 is 32.2 Å². The summed E-state index contributed by atoms with van der Waals surface area (Å²) in [7, 11) is 0.488. The number of carbonyl (C=O) groups is 2. The van der Waals surface area contributed by atoms with Gasteiger partial charge in [0, 0.05) is 23.5 Å². The summed E-state index contributed by atoms with van der Waals surface area (Å²) in [6, 6.07) is 17.7. The lowest BCUT2D eigenvalue weighted by molar-refractivity contribution is 0.0526. The van der Waals surface area contributed by atoms with E-state index in [1.165, 1.54) is 55.1 Å². The molecule has 4 aromatic rings. The summed E-state index contributed by atoms with van der Waals surface area (Å²) in [5, 5.41) is 3.54. The third-order valence-electron chi connectivity index (χ3n) is 5.75. The topological polar surface area (TPSA) is 111 Å². The molecule has 0 aliphatic heterocycles. The average molecular weight is 555 g/mol. The number of anilines is 2. The first-order valence-corrected chi connectivity index (χ1v) is 13.8. The highest BCUT2D eigenvalue weighted by atomic mass is 32.2. The number of hydrogen-bond acceptors (Lipinski definition) is 8. The molecule has 1 aromatic heterocycles. The Hall–Kier alpha value is -4.09. The molecule has 0 spiro atoms. The number of thiophene rings is 1. The van der Waals surface area contributed by atoms with Crippen LogP contribution in [0.15, 0.2) is 71.6 Å². The minimum atomic E-state index is -3.89. The summed E-state index contributed by atoms with van der Waals surface area (Å²) in [4.78, 5) is 25.2. The van der Waals surface area contributed by atoms with Gasteiger partial charge in [0.1, 0.15) is 0 Å². The maximum absolute atomic E-state index is 13.3. The number of benzene rings is 3. The smallest absolute Gasteiger partial charge is 0.338 e. The predicted octanol–water partition coefficient (Wildman–Crippen LogP) is 5.17. The molecule has 0 aliphatic carbocycles. The van der Waals surface area contributed by atoms with Gasteiger partial charge >= 0.3 is 5.97 Å². The third kappa shape index (κ3) is 5.43. The lowest BCUT2D eigenvalue weighted by atomic mass is 10.2. The van der Waals surface area contributed by atoms with E-state index < -0.39 is 16.0 Å². The van der Waals surface area contributed by atoms with E-state index in [2.05, 4.69) is 5.32 Å². The number of carbonyl (C=O) groups excluding carboxylic acids is 2. The maximum atomic E-state index is 13.3. The van der Waals surface area contributed by atoms with Crippen molar-refractivity contribution in [2.75, 3.05) is 37.5 Å². The highest BCUT2D eigenvalue weighted by molar-refractivity contribution is 7.92. The van der Waals surface area contributed by atoms with Gasteiger partial charge < -0.3 is 19.5 Å². The minimum absolute atomic E-state index is 0.0529. The van der Waals surface area contributed by atoms with E-state index in [1.807, 2.05) is 0 Å². The zero-order valence-corrected chi connectivity index (χ0v) is 22.8. The van der Waals surface area contributed by atoms with Crippen LogP contribution < -0.4 is 19.1 Å². The second-order valence-corrected chi connectivity index (χ2v) is 11.1. The summed E-state index contributed by atoms with van der Waals surface area (Å²) >= 11 is 1.29. The molecule has 0 aliphatic rings. The van der Waals surface area contributed by atoms with Crippen LogP contribution in [0.4, 0.5) is 11.4 Å². The normalized spacial score (nSPS) is 11.2. The van der Waals surface area contributed by atoms with Gasteiger partial charge in [-0.05, 0) is 73.0 Å². The number of esters is 1. The molecule has 0 atom stereocenters. The van der Waals surface area contributed by atoms with Crippen LogP contribution in [0.3, 0.4) is 0 Å². The van der Waals surface area contributed by atoms with Crippen molar-refractivity contribution in [1.82, 2.24) is 0 Å². The highest BCUT2D eigenvalue weighted by Crippen LogP contribution is 2.34. The zero-order chi connectivity index (χ0) is 27.4. The van der Waals surface area contributed by atoms with Crippen LogP contribution >= 0.6 is 11.3 Å². The first-order chi connectivity index (χ1) is 18.2. The van der Waals surface area contributed by atoms with Crippen molar-refractivity contribution in [2.24, 2.45) is 0 Å². The van der Waals surface area contributed by atoms with Gasteiger partial charge in [-0.3, -0.25) is 9.10 Å². The second-order valence-electron chi connectivity index (χ2n) is 8.07. The van der Waals surface area contributed by atoms with Gasteiger partial charge in [0.15, 0.2) is 11.5 Å². The van der Waals surface area contributed by atoms with Crippen LogP contribution in [0.2, 0.25) is 0 Å². The molecule has 1 amide bonds. The number of methoxy groups -OCH3 is 2. The lowest BCUT2D eigenvalue weighted by Crippen LogP contribution is -2.26. The Morgan fingerprint density at radius 3 is 2.29 bits per heavy atom. The van der Waals surface area contributed by atoms with Crippen LogP contribution in [0.25, 0.3) is 10.1 Å². The van der Waals surface area contributed by atoms with Crippen LogP contribution in [-0.4, -0.2) is 48.2 Å². The standard InChI is InChI=1S/C27H26N2O7S2/c1-5-36-27(31)17-6-8-19(9-7-17)28-26(30)25-15-18-14-20(10-13-24(18)37-25)29(2)38(32,33)21-11-12-22(34-3)23(16-21)35-4/h6-16H,5H2,1-4H3,(H,28,30). The number of hydrogen-bond donors (Lipinski definition) is 1. The molecule has 0 unspecified atom stereocenters. The monoisotopic (exact) mass is 554 g/mol. The first kappa shape index (κ1) is 27.0. The minimum Gasteiger partial charge on any atom is -0.493 e. The molecular formula is C27H26N2O7S2. The van der Waals surface area contributed by atoms with Crippen LogP contribution in [0.1, 0.15) is 27.0 Å². The Bertz CT molecular complexity index is 1600. The summed E-state index contributed by atoms with van der Waals surface area (Å²) in [5.74, 6) is -0.0114. The Labute approximate surface area is 224 Å². The van der Waals surface area contributed by atoms with Crippen LogP contribution in [0.5, 0.6) is 11.5 Å². The zero-order valence-electron chi connectivity index (χ0n) is 21.2. The van der Waals surface area contributed by atoms with Gasteiger partial charge in [-0.25, -0.2) is 13.2 Å². The number of amides is 1. The Kier molecular flexibility index (Phi) is 7.88. The molecule has 0 bridgehead atoms. The molecule has 0 radical (unpaired) electrons. The SMILES string of the molecule is CCOC(=O)c1ccc(NC(=O)c2cc3cc(N(C)S(=O)(=O)c4ccc(OC)c(OC)c4)ccc3s2)cc1. The van der Waals surface area contributed by atoms with E-state index in [9.17, 15) is 18.0 Å². The molecule has 1 N–H and O–H groups in total. The largest absolute Gasteiger partial charge is 0.493 e. The fourth-order valence-corrected chi connectivity index (χ4v) is 5.85. The van der Waals surface area contributed by atoms with Gasteiger partial charge in [-0.1, -0.05) is 0 Å². The van der Waals surface area contributed by atoms with Gasteiger partial charge in [-0.15, -0.1) is 11.3 Å². The quantitative estimate of drug-likeness (QED) is 0.284. The second kappa shape index (κ2) is 11.1. The molecule has 198 valence electrons. The van der Waals surface area contributed by atoms with Gasteiger partial charge in [0.25, 0.3) is 15.9 Å². The molecule has 9 nitrogen and oxygen atoms in total. The van der Waals surface area contributed by atoms with Gasteiger partial charge in [0.2, 0.25) is 0 Å². The molecule has 0 saturated carbocycles. The number of nitrogens with one attached hydrogen (secondary N) is 1. The van der Waals surface area contributed by atoms with Crippen molar-refractivity contribution in [1.29, 1.82) is 0 Å². The molecular weight excluding hydrogens is 528 g/mol. The predicted molar refractivity (Wildman–Crippen MR) is 147 cm³/mol. The van der Waals surface area contributed by atoms with Crippen molar-refractivity contribution >= 4 is 54.7 Å². The van der Waals surface area contributed by atoms with E-state index in [4.69, 9.17) is 14.2 Å². The first-order valence-electron chi connectivity index (χ1n) is 11.5. The highest BCUT2D eigenvalue weighted by Gasteiger charge is 2.24. The number of nitrogens with zero attached hydrogens (tertiary/aromatic N) is 1. The number of ether oxygens (including phenoxy) is 3. The summed E-state index contributed by atoms with van der Waals surface area (Å²) < 4.78 is 44.0. The Balaban J connectivity index is 1.54. The Morgan fingerprint density at radius 2 is 1.63 bits per heavy atom. The van der Waals surface area contributed by atoms with Crippen molar-refractivity contribution in [3.05, 3.63) is 77.2 Å². The number of fused-ring (bicyclic) bond motifs is 1. The van der Waals surface area contributed by atoms with Crippen molar-refractivity contribution in [3.8, 4) is 11.5 Å². The molecule has 11 heteroatoms. The fourth-order valence-electron chi connectivity index (χ4n) is 3.71. The van der Waals surface area contributed by atoms with E-state index in [0.717, 1.165) is 10.1 Å². The maximum Gasteiger partial charge on any atom is 0.338 e. The molecule has 1 heterocycles. The van der Waals surface area contributed by atoms with Gasteiger partial charge in [-0.2, -0.15) is 0 Å². The average Bonchev–Trinajstić information content (AvgIpc) is 3.36. The van der Waals surface area contributed by atoms with E-state index in [0.29, 0.717) is 33.3 Å². The van der Waals surface area contributed by atoms with Crippen molar-refractivity contribution in [3.63, 3.8) is 0 Å². The molecule has 0 fully saturated rings. The van der Waals surface area contributed by atoms with Crippen LogP contribution in [0, 0.1) is 0 Å².